The van der Waals surface area contributed by atoms with Crippen LogP contribution in [0.4, 0.5) is 13.2 Å². The molecule has 1 aliphatic rings. The lowest BCUT2D eigenvalue weighted by Crippen LogP contribution is -2.33. The van der Waals surface area contributed by atoms with Crippen LogP contribution in [0.5, 0.6) is 0 Å². The van der Waals surface area contributed by atoms with E-state index in [1.165, 1.54) is 0 Å². The van der Waals surface area contributed by atoms with Crippen LogP contribution in [0.25, 0.3) is 0 Å². The predicted octanol–water partition coefficient (Wildman–Crippen LogP) is 2.14. The molecule has 0 radical (unpaired) electrons. The first-order valence-electron chi connectivity index (χ1n) is 5.18. The molecular formula is C11H11F3N2S. The molecule has 0 unspecified atom stereocenters. The maximum atomic E-state index is 13.5. The summed E-state index contributed by atoms with van der Waals surface area (Å²) < 4.78 is 39.4. The van der Waals surface area contributed by atoms with Gasteiger partial charge < -0.3 is 10.6 Å². The zero-order valence-corrected chi connectivity index (χ0v) is 9.74. The van der Waals surface area contributed by atoms with Crippen LogP contribution in [-0.2, 0) is 0 Å². The van der Waals surface area contributed by atoms with Gasteiger partial charge in [0.1, 0.15) is 5.82 Å². The van der Waals surface area contributed by atoms with Crippen LogP contribution in [0.2, 0.25) is 0 Å². The van der Waals surface area contributed by atoms with Crippen molar-refractivity contribution in [2.45, 2.75) is 12.3 Å². The van der Waals surface area contributed by atoms with Gasteiger partial charge in [-0.1, -0.05) is 0 Å². The lowest BCUT2D eigenvalue weighted by atomic mass is 9.97. The van der Waals surface area contributed by atoms with Crippen molar-refractivity contribution in [3.8, 4) is 0 Å². The van der Waals surface area contributed by atoms with E-state index < -0.39 is 17.5 Å². The lowest BCUT2D eigenvalue weighted by molar-refractivity contribution is 0.479. The Morgan fingerprint density at radius 3 is 2.47 bits per heavy atom. The molecule has 17 heavy (non-hydrogen) atoms. The Hall–Kier alpha value is -1.30. The smallest absolute Gasteiger partial charge is 0.166 e. The molecule has 1 aromatic rings. The standard InChI is InChI=1S/C11H11F3N2S/c12-8-4-10(14)9(13)3-7(8)6-1-2-16(5-6)11(15)17/h3-4,6H,1-2,5H2,(H2,15,17)/t6-/m1/s1. The largest absolute Gasteiger partial charge is 0.376 e. The molecule has 1 fully saturated rings. The maximum Gasteiger partial charge on any atom is 0.166 e. The van der Waals surface area contributed by atoms with E-state index in [4.69, 9.17) is 18.0 Å². The highest BCUT2D eigenvalue weighted by molar-refractivity contribution is 7.80. The summed E-state index contributed by atoms with van der Waals surface area (Å²) in [5, 5.41) is 0.246. The van der Waals surface area contributed by atoms with Crippen LogP contribution < -0.4 is 5.73 Å². The third-order valence-corrected chi connectivity index (χ3v) is 3.24. The molecule has 0 bridgehead atoms. The average molecular weight is 260 g/mol. The number of nitrogens with two attached hydrogens (primary N) is 1. The fourth-order valence-corrected chi connectivity index (χ4v) is 2.23. The minimum Gasteiger partial charge on any atom is -0.376 e. The average Bonchev–Trinajstić information content (AvgIpc) is 2.72. The number of thiocarbonyl (C=S) groups is 1. The molecule has 0 aromatic heterocycles. The normalized spacial score (nSPS) is 19.7. The van der Waals surface area contributed by atoms with E-state index in [1.807, 2.05) is 0 Å². The van der Waals surface area contributed by atoms with E-state index in [1.54, 1.807) is 4.90 Å². The van der Waals surface area contributed by atoms with Crippen molar-refractivity contribution in [1.29, 1.82) is 0 Å². The first kappa shape index (κ1) is 12.2. The molecule has 92 valence electrons. The van der Waals surface area contributed by atoms with Crippen molar-refractivity contribution in [2.24, 2.45) is 5.73 Å². The summed E-state index contributed by atoms with van der Waals surface area (Å²) in [6, 6.07) is 1.49. The van der Waals surface area contributed by atoms with Crippen molar-refractivity contribution in [2.75, 3.05) is 13.1 Å². The predicted molar refractivity (Wildman–Crippen MR) is 62.0 cm³/mol. The summed E-state index contributed by atoms with van der Waals surface area (Å²) in [5.41, 5.74) is 5.64. The van der Waals surface area contributed by atoms with Crippen LogP contribution in [0, 0.1) is 17.5 Å². The molecule has 2 nitrogen and oxygen atoms in total. The summed E-state index contributed by atoms with van der Waals surface area (Å²) in [4.78, 5) is 1.72. The van der Waals surface area contributed by atoms with E-state index in [0.29, 0.717) is 25.6 Å². The summed E-state index contributed by atoms with van der Waals surface area (Å²) >= 11 is 4.81. The second-order valence-electron chi connectivity index (χ2n) is 4.06. The highest BCUT2D eigenvalue weighted by Gasteiger charge is 2.27. The molecule has 1 aromatic carbocycles. The Morgan fingerprint density at radius 1 is 1.24 bits per heavy atom. The molecule has 1 atom stereocenters. The van der Waals surface area contributed by atoms with E-state index in [-0.39, 0.29) is 16.6 Å². The SMILES string of the molecule is NC(=S)N1CC[C@@H](c2cc(F)c(F)cc2F)C1. The fraction of sp³-hybridized carbons (Fsp3) is 0.364. The minimum atomic E-state index is -1.17. The third kappa shape index (κ3) is 2.36. The molecule has 1 aliphatic heterocycles. The van der Waals surface area contributed by atoms with Gasteiger partial charge in [-0.15, -0.1) is 0 Å². The Labute approximate surface area is 102 Å². The molecule has 0 spiro atoms. The van der Waals surface area contributed by atoms with E-state index in [9.17, 15) is 13.2 Å². The topological polar surface area (TPSA) is 29.3 Å². The number of halogens is 3. The summed E-state index contributed by atoms with van der Waals surface area (Å²) in [6.45, 7) is 1.05. The number of hydrogen-bond acceptors (Lipinski definition) is 1. The van der Waals surface area contributed by atoms with Gasteiger partial charge in [0.2, 0.25) is 0 Å². The molecule has 1 heterocycles. The highest BCUT2D eigenvalue weighted by Crippen LogP contribution is 2.30. The van der Waals surface area contributed by atoms with E-state index in [0.717, 1.165) is 6.07 Å². The fourth-order valence-electron chi connectivity index (χ4n) is 2.07. The second-order valence-corrected chi connectivity index (χ2v) is 4.48. The number of hydrogen-bond donors (Lipinski definition) is 1. The molecule has 6 heteroatoms. The van der Waals surface area contributed by atoms with Gasteiger partial charge in [-0.2, -0.15) is 0 Å². The Kier molecular flexibility index (Phi) is 3.24. The van der Waals surface area contributed by atoms with Gasteiger partial charge in [-0.05, 0) is 30.3 Å². The Bertz CT molecular complexity index is 464. The zero-order valence-electron chi connectivity index (χ0n) is 8.92. The maximum absolute atomic E-state index is 13.5. The van der Waals surface area contributed by atoms with Crippen molar-refractivity contribution >= 4 is 17.3 Å². The van der Waals surface area contributed by atoms with Gasteiger partial charge in [0.05, 0.1) is 0 Å². The second kappa shape index (κ2) is 4.52. The van der Waals surface area contributed by atoms with Crippen molar-refractivity contribution in [1.82, 2.24) is 4.90 Å². The highest BCUT2D eigenvalue weighted by atomic mass is 32.1. The Morgan fingerprint density at radius 2 is 1.88 bits per heavy atom. The first-order chi connectivity index (χ1) is 7.99. The number of likely N-dealkylation sites (tertiary alicyclic amines) is 1. The van der Waals surface area contributed by atoms with E-state index >= 15 is 0 Å². The molecule has 0 saturated carbocycles. The van der Waals surface area contributed by atoms with Gasteiger partial charge in [0, 0.05) is 25.1 Å². The van der Waals surface area contributed by atoms with Gasteiger partial charge in [0.25, 0.3) is 0 Å². The zero-order chi connectivity index (χ0) is 12.6. The van der Waals surface area contributed by atoms with Crippen LogP contribution in [0.3, 0.4) is 0 Å². The summed E-state index contributed by atoms with van der Waals surface area (Å²) in [5.74, 6) is -3.13. The molecule has 1 saturated heterocycles. The van der Waals surface area contributed by atoms with Crippen LogP contribution in [0.1, 0.15) is 17.9 Å². The quantitative estimate of drug-likeness (QED) is 0.619. The Balaban J connectivity index is 2.24. The molecular weight excluding hydrogens is 249 g/mol. The van der Waals surface area contributed by atoms with Gasteiger partial charge in [-0.25, -0.2) is 13.2 Å². The van der Waals surface area contributed by atoms with E-state index in [2.05, 4.69) is 0 Å². The monoisotopic (exact) mass is 260 g/mol. The molecule has 2 N–H and O–H groups in total. The van der Waals surface area contributed by atoms with Gasteiger partial charge in [0.15, 0.2) is 16.7 Å². The third-order valence-electron chi connectivity index (χ3n) is 2.98. The van der Waals surface area contributed by atoms with Crippen LogP contribution in [0.15, 0.2) is 12.1 Å². The molecule has 2 rings (SSSR count). The summed E-state index contributed by atoms with van der Waals surface area (Å²) in [6.07, 6.45) is 0.624. The number of nitrogens with zero attached hydrogens (tertiary/aromatic N) is 1. The lowest BCUT2D eigenvalue weighted by Gasteiger charge is -2.16. The van der Waals surface area contributed by atoms with Crippen molar-refractivity contribution in [3.05, 3.63) is 35.1 Å². The number of rotatable bonds is 1. The van der Waals surface area contributed by atoms with Crippen LogP contribution in [-0.4, -0.2) is 23.1 Å². The van der Waals surface area contributed by atoms with Gasteiger partial charge in [-0.3, -0.25) is 0 Å². The minimum absolute atomic E-state index is 0.183. The molecule has 0 amide bonds. The van der Waals surface area contributed by atoms with Crippen molar-refractivity contribution in [3.63, 3.8) is 0 Å². The van der Waals surface area contributed by atoms with Crippen LogP contribution >= 0.6 is 12.2 Å². The van der Waals surface area contributed by atoms with Gasteiger partial charge >= 0.3 is 0 Å². The molecule has 0 aliphatic carbocycles. The summed E-state index contributed by atoms with van der Waals surface area (Å²) in [7, 11) is 0. The first-order valence-corrected chi connectivity index (χ1v) is 5.58. The van der Waals surface area contributed by atoms with Crippen molar-refractivity contribution < 1.29 is 13.2 Å². The number of benzene rings is 1.